The predicted molar refractivity (Wildman–Crippen MR) is 64.7 cm³/mol. The third-order valence-corrected chi connectivity index (χ3v) is 4.11. The summed E-state index contributed by atoms with van der Waals surface area (Å²) in [5.74, 6) is -1.01. The maximum Gasteiger partial charge on any atom is 0.294 e. The summed E-state index contributed by atoms with van der Waals surface area (Å²) >= 11 is 0. The molecule has 0 aromatic rings. The van der Waals surface area contributed by atoms with Crippen LogP contribution in [0.3, 0.4) is 0 Å². The second-order valence-electron chi connectivity index (χ2n) is 5.87. The number of hydrogen-bond acceptors (Lipinski definition) is 8. The largest absolute Gasteiger partial charge is 0.314 e. The van der Waals surface area contributed by atoms with Crippen molar-refractivity contribution in [3.8, 4) is 0 Å². The molecular formula is C10H19N3O7. The van der Waals surface area contributed by atoms with Crippen LogP contribution < -0.4 is 0 Å². The van der Waals surface area contributed by atoms with Gasteiger partial charge in [0.15, 0.2) is 0 Å². The molecule has 1 N–H and O–H groups in total. The molecule has 1 fully saturated rings. The van der Waals surface area contributed by atoms with Crippen molar-refractivity contribution >= 4 is 0 Å². The van der Waals surface area contributed by atoms with Crippen molar-refractivity contribution < 1.29 is 25.1 Å². The first kappa shape index (κ1) is 16.4. The van der Waals surface area contributed by atoms with E-state index in [-0.39, 0.29) is 13.2 Å². The van der Waals surface area contributed by atoms with Crippen LogP contribution in [0.2, 0.25) is 0 Å². The molecule has 2 atom stereocenters. The molecule has 10 nitrogen and oxygen atoms in total. The second kappa shape index (κ2) is 5.37. The van der Waals surface area contributed by atoms with Crippen molar-refractivity contribution in [3.63, 3.8) is 0 Å². The van der Waals surface area contributed by atoms with Crippen molar-refractivity contribution in [1.82, 2.24) is 5.06 Å². The van der Waals surface area contributed by atoms with Crippen molar-refractivity contribution in [3.05, 3.63) is 20.2 Å². The summed E-state index contributed by atoms with van der Waals surface area (Å²) in [6.07, 6.45) is 0. The number of nitrogens with zero attached hydrogens (tertiary/aromatic N) is 3. The first-order chi connectivity index (χ1) is 9.01. The van der Waals surface area contributed by atoms with Crippen LogP contribution in [0.25, 0.3) is 0 Å². The Morgan fingerprint density at radius 3 is 1.55 bits per heavy atom. The van der Waals surface area contributed by atoms with Crippen LogP contribution in [0.4, 0.5) is 0 Å². The van der Waals surface area contributed by atoms with E-state index in [4.69, 9.17) is 0 Å². The van der Waals surface area contributed by atoms with Gasteiger partial charge in [-0.2, -0.15) is 5.06 Å². The molecule has 2 unspecified atom stereocenters. The van der Waals surface area contributed by atoms with Gasteiger partial charge >= 0.3 is 0 Å². The van der Waals surface area contributed by atoms with Crippen LogP contribution in [0.5, 0.6) is 0 Å². The molecule has 0 aromatic heterocycles. The molecule has 0 aromatic carbocycles. The lowest BCUT2D eigenvalue weighted by molar-refractivity contribution is -0.763. The van der Waals surface area contributed by atoms with Crippen LogP contribution >= 0.6 is 0 Å². The first-order valence-electron chi connectivity index (χ1n) is 6.05. The van der Waals surface area contributed by atoms with E-state index in [1.54, 1.807) is 27.7 Å². The topological polar surface area (TPSA) is 128 Å². The van der Waals surface area contributed by atoms with E-state index in [0.717, 1.165) is 5.06 Å². The van der Waals surface area contributed by atoms with Crippen LogP contribution in [0, 0.1) is 32.1 Å². The molecule has 0 spiro atoms. The van der Waals surface area contributed by atoms with Gasteiger partial charge in [-0.05, 0) is 27.7 Å². The summed E-state index contributed by atoms with van der Waals surface area (Å²) in [6, 6.07) is 0. The lowest BCUT2D eigenvalue weighted by atomic mass is 9.78. The quantitative estimate of drug-likeness (QED) is 0.565. The van der Waals surface area contributed by atoms with E-state index in [9.17, 15) is 25.4 Å². The Morgan fingerprint density at radius 1 is 1.00 bits per heavy atom. The lowest BCUT2D eigenvalue weighted by Crippen LogP contribution is -2.48. The second-order valence-corrected chi connectivity index (χ2v) is 5.87. The molecule has 0 saturated carbocycles. The van der Waals surface area contributed by atoms with Gasteiger partial charge in [-0.3, -0.25) is 0 Å². The SMILES string of the molecule is CC1(C)C(CO[N+](=O)[O-])C(CO[N+](=O)[O-])C(C)(C)N1O. The van der Waals surface area contributed by atoms with Crippen LogP contribution in [-0.2, 0) is 9.68 Å². The molecule has 1 aliphatic rings. The Bertz CT molecular complexity index is 362. The normalized spacial score (nSPS) is 28.1. The molecule has 20 heavy (non-hydrogen) atoms. The molecule has 1 heterocycles. The van der Waals surface area contributed by atoms with E-state index in [1.807, 2.05) is 0 Å². The minimum Gasteiger partial charge on any atom is -0.314 e. The zero-order valence-corrected chi connectivity index (χ0v) is 11.8. The highest BCUT2D eigenvalue weighted by Crippen LogP contribution is 2.48. The fourth-order valence-corrected chi connectivity index (χ4v) is 2.96. The third-order valence-electron chi connectivity index (χ3n) is 4.11. The average Bonchev–Trinajstić information content (AvgIpc) is 2.42. The Kier molecular flexibility index (Phi) is 4.39. The molecule has 0 radical (unpaired) electrons. The Morgan fingerprint density at radius 2 is 1.30 bits per heavy atom. The maximum absolute atomic E-state index is 10.4. The molecule has 10 heteroatoms. The smallest absolute Gasteiger partial charge is 0.294 e. The van der Waals surface area contributed by atoms with Gasteiger partial charge in [0.05, 0.1) is 0 Å². The highest BCUT2D eigenvalue weighted by Gasteiger charge is 2.58. The van der Waals surface area contributed by atoms with Crippen LogP contribution in [-0.4, -0.2) is 44.7 Å². The van der Waals surface area contributed by atoms with Gasteiger partial charge in [0.25, 0.3) is 10.2 Å². The highest BCUT2D eigenvalue weighted by molar-refractivity contribution is 5.07. The first-order valence-corrected chi connectivity index (χ1v) is 6.05. The molecular weight excluding hydrogens is 274 g/mol. The predicted octanol–water partition coefficient (Wildman–Crippen LogP) is 0.897. The van der Waals surface area contributed by atoms with Crippen molar-refractivity contribution in [2.75, 3.05) is 13.2 Å². The molecule has 0 aliphatic carbocycles. The van der Waals surface area contributed by atoms with Gasteiger partial charge in [-0.1, -0.05) is 0 Å². The summed E-state index contributed by atoms with van der Waals surface area (Å²) in [6.45, 7) is 6.21. The van der Waals surface area contributed by atoms with E-state index < -0.39 is 33.1 Å². The molecule has 116 valence electrons. The summed E-state index contributed by atoms with van der Waals surface area (Å²) in [5, 5.41) is 30.2. The molecule has 1 rings (SSSR count). The molecule has 1 aliphatic heterocycles. The zero-order chi connectivity index (χ0) is 15.7. The van der Waals surface area contributed by atoms with Crippen LogP contribution in [0.1, 0.15) is 27.7 Å². The highest BCUT2D eigenvalue weighted by atomic mass is 17.0. The maximum atomic E-state index is 10.4. The fourth-order valence-electron chi connectivity index (χ4n) is 2.96. The van der Waals surface area contributed by atoms with Crippen molar-refractivity contribution in [2.45, 2.75) is 38.8 Å². The number of hydrogen-bond donors (Lipinski definition) is 1. The average molecular weight is 293 g/mol. The standard InChI is InChI=1S/C10H19N3O7/c1-9(2)7(5-19-12(15)16)8(6-20-13(17)18)10(3,4)11(9)14/h7-8,14H,5-6H2,1-4H3. The van der Waals surface area contributed by atoms with Gasteiger partial charge in [0.2, 0.25) is 0 Å². The Hall–Kier alpha value is -1.68. The van der Waals surface area contributed by atoms with Gasteiger partial charge in [0, 0.05) is 22.9 Å². The molecule has 0 amide bonds. The molecule has 0 bridgehead atoms. The zero-order valence-electron chi connectivity index (χ0n) is 11.8. The summed E-state index contributed by atoms with van der Waals surface area (Å²) in [7, 11) is 0. The third kappa shape index (κ3) is 2.90. The lowest BCUT2D eigenvalue weighted by Gasteiger charge is -2.36. The van der Waals surface area contributed by atoms with E-state index >= 15 is 0 Å². The van der Waals surface area contributed by atoms with E-state index in [1.165, 1.54) is 0 Å². The Labute approximate surface area is 115 Å². The summed E-state index contributed by atoms with van der Waals surface area (Å²) < 4.78 is 0. The number of hydroxylamine groups is 2. The van der Waals surface area contributed by atoms with Gasteiger partial charge in [0.1, 0.15) is 13.2 Å². The van der Waals surface area contributed by atoms with Crippen molar-refractivity contribution in [1.29, 1.82) is 0 Å². The molecule has 1 saturated heterocycles. The number of rotatable bonds is 6. The van der Waals surface area contributed by atoms with Gasteiger partial charge in [-0.15, -0.1) is 20.2 Å². The van der Waals surface area contributed by atoms with Gasteiger partial charge in [-0.25, -0.2) is 0 Å². The summed E-state index contributed by atoms with van der Waals surface area (Å²) in [5.41, 5.74) is -1.69. The van der Waals surface area contributed by atoms with E-state index in [0.29, 0.717) is 0 Å². The Balaban J connectivity index is 2.98. The monoisotopic (exact) mass is 293 g/mol. The van der Waals surface area contributed by atoms with E-state index in [2.05, 4.69) is 9.68 Å². The minimum atomic E-state index is -0.922. The van der Waals surface area contributed by atoms with Crippen molar-refractivity contribution in [2.24, 2.45) is 11.8 Å². The minimum absolute atomic E-state index is 0.272. The fraction of sp³-hybridized carbons (Fsp3) is 1.00. The summed E-state index contributed by atoms with van der Waals surface area (Å²) in [4.78, 5) is 29.5. The van der Waals surface area contributed by atoms with Gasteiger partial charge < -0.3 is 14.9 Å². The van der Waals surface area contributed by atoms with Crippen LogP contribution in [0.15, 0.2) is 0 Å².